The molecule has 35 heavy (non-hydrogen) atoms. The van der Waals surface area contributed by atoms with Gasteiger partial charge in [-0.25, -0.2) is 4.98 Å². The first-order valence-electron chi connectivity index (χ1n) is 12.3. The van der Waals surface area contributed by atoms with Crippen LogP contribution in [0.1, 0.15) is 40.0 Å². The molecule has 7 heteroatoms. The molecule has 0 aliphatic carbocycles. The molecule has 0 aliphatic heterocycles. The monoisotopic (exact) mass is 495 g/mol. The van der Waals surface area contributed by atoms with E-state index in [4.69, 9.17) is 14.5 Å². The molecule has 0 saturated heterocycles. The topological polar surface area (TPSA) is 65.4 Å². The summed E-state index contributed by atoms with van der Waals surface area (Å²) in [5.41, 5.74) is 4.21. The molecule has 2 aromatic carbocycles. The Morgan fingerprint density at radius 2 is 1.60 bits per heavy atom. The van der Waals surface area contributed by atoms with Crippen LogP contribution in [0.2, 0.25) is 0 Å². The van der Waals surface area contributed by atoms with Gasteiger partial charge in [0.1, 0.15) is 11.5 Å². The number of carbonyl (C=O) groups is 1. The summed E-state index contributed by atoms with van der Waals surface area (Å²) in [5.74, 6) is 3.03. The van der Waals surface area contributed by atoms with E-state index >= 15 is 0 Å². The molecule has 0 spiro atoms. The zero-order valence-corrected chi connectivity index (χ0v) is 22.3. The van der Waals surface area contributed by atoms with Crippen LogP contribution in [0.5, 0.6) is 11.5 Å². The van der Waals surface area contributed by atoms with Crippen molar-refractivity contribution in [2.45, 2.75) is 51.7 Å². The lowest BCUT2D eigenvalue weighted by Gasteiger charge is -2.13. The Kier molecular flexibility index (Phi) is 10.1. The Morgan fingerprint density at radius 1 is 1.00 bits per heavy atom. The van der Waals surface area contributed by atoms with Crippen molar-refractivity contribution < 1.29 is 14.3 Å². The number of carbonyl (C=O) groups excluding carboxylic acids is 1. The highest BCUT2D eigenvalue weighted by Gasteiger charge is 2.20. The quantitative estimate of drug-likeness (QED) is 0.223. The van der Waals surface area contributed by atoms with Gasteiger partial charge in [0.15, 0.2) is 5.16 Å². The van der Waals surface area contributed by atoms with Crippen LogP contribution in [0.4, 0.5) is 0 Å². The van der Waals surface area contributed by atoms with Gasteiger partial charge in [0.25, 0.3) is 0 Å². The second-order valence-electron chi connectivity index (χ2n) is 8.85. The normalized spacial score (nSPS) is 11.0. The Bertz CT molecular complexity index is 1080. The summed E-state index contributed by atoms with van der Waals surface area (Å²) >= 11 is 1.74. The maximum Gasteiger partial charge on any atom is 0.220 e. The van der Waals surface area contributed by atoms with Crippen molar-refractivity contribution in [3.8, 4) is 34.0 Å². The predicted octanol–water partition coefficient (Wildman–Crippen LogP) is 6.29. The van der Waals surface area contributed by atoms with Crippen molar-refractivity contribution >= 4 is 17.7 Å². The smallest absolute Gasteiger partial charge is 0.220 e. The number of thioether (sulfide) groups is 1. The molecule has 0 radical (unpaired) electrons. The minimum absolute atomic E-state index is 0.126. The van der Waals surface area contributed by atoms with E-state index in [0.29, 0.717) is 18.9 Å². The molecular formula is C28H37N3O3S. The number of imidazole rings is 1. The molecule has 3 rings (SSSR count). The van der Waals surface area contributed by atoms with Gasteiger partial charge in [-0.3, -0.25) is 4.79 Å². The summed E-state index contributed by atoms with van der Waals surface area (Å²) in [6, 6.07) is 16.2. The molecule has 3 aromatic rings. The Labute approximate surface area is 213 Å². The Hall–Kier alpha value is -2.93. The van der Waals surface area contributed by atoms with Gasteiger partial charge in [-0.05, 0) is 67.3 Å². The highest BCUT2D eigenvalue weighted by atomic mass is 32.2. The summed E-state index contributed by atoms with van der Waals surface area (Å²) in [6.07, 6.45) is 2.47. The number of rotatable bonds is 13. The maximum absolute atomic E-state index is 11.9. The van der Waals surface area contributed by atoms with Crippen LogP contribution in [0.15, 0.2) is 53.7 Å². The third kappa shape index (κ3) is 7.28. The largest absolute Gasteiger partial charge is 0.497 e. The summed E-state index contributed by atoms with van der Waals surface area (Å²) in [7, 11) is 3.35. The fraction of sp³-hybridized carbons (Fsp3) is 0.429. The lowest BCUT2D eigenvalue weighted by atomic mass is 10.0. The zero-order valence-electron chi connectivity index (χ0n) is 21.5. The van der Waals surface area contributed by atoms with E-state index in [1.54, 1.807) is 26.0 Å². The van der Waals surface area contributed by atoms with Crippen molar-refractivity contribution in [2.75, 3.05) is 26.5 Å². The standard InChI is InChI=1S/C28H37N3O3S/c1-6-17-31-27(22-10-14-24(34-5)15-11-22)26(21-8-12-23(33-4)13-9-21)30-28(31)35-18-7-16-29-25(32)19-20(2)3/h8-15,20H,6-7,16-19H2,1-5H3,(H,29,32). The molecule has 0 aliphatic rings. The van der Waals surface area contributed by atoms with Gasteiger partial charge >= 0.3 is 0 Å². The van der Waals surface area contributed by atoms with E-state index in [0.717, 1.165) is 64.3 Å². The van der Waals surface area contributed by atoms with Crippen molar-refractivity contribution in [2.24, 2.45) is 5.92 Å². The lowest BCUT2D eigenvalue weighted by molar-refractivity contribution is -0.121. The number of nitrogens with one attached hydrogen (secondary N) is 1. The first-order chi connectivity index (χ1) is 17.0. The minimum Gasteiger partial charge on any atom is -0.497 e. The molecule has 1 N–H and O–H groups in total. The molecule has 1 aromatic heterocycles. The van der Waals surface area contributed by atoms with Crippen LogP contribution in [-0.2, 0) is 11.3 Å². The summed E-state index contributed by atoms with van der Waals surface area (Å²) in [5, 5.41) is 4.02. The van der Waals surface area contributed by atoms with E-state index in [9.17, 15) is 4.79 Å². The molecule has 0 saturated carbocycles. The number of amides is 1. The molecular weight excluding hydrogens is 458 g/mol. The number of nitrogens with zero attached hydrogens (tertiary/aromatic N) is 2. The number of hydrogen-bond acceptors (Lipinski definition) is 5. The summed E-state index contributed by atoms with van der Waals surface area (Å²) < 4.78 is 13.0. The molecule has 1 heterocycles. The van der Waals surface area contributed by atoms with E-state index < -0.39 is 0 Å². The van der Waals surface area contributed by atoms with Crippen molar-refractivity contribution in [1.29, 1.82) is 0 Å². The van der Waals surface area contributed by atoms with Crippen LogP contribution in [0.3, 0.4) is 0 Å². The van der Waals surface area contributed by atoms with E-state index in [1.165, 1.54) is 0 Å². The highest BCUT2D eigenvalue weighted by Crippen LogP contribution is 2.37. The van der Waals surface area contributed by atoms with Crippen LogP contribution >= 0.6 is 11.8 Å². The van der Waals surface area contributed by atoms with Gasteiger partial charge in [-0.2, -0.15) is 0 Å². The van der Waals surface area contributed by atoms with Gasteiger partial charge in [-0.1, -0.05) is 32.5 Å². The van der Waals surface area contributed by atoms with Gasteiger partial charge in [-0.15, -0.1) is 0 Å². The van der Waals surface area contributed by atoms with Gasteiger partial charge in [0.2, 0.25) is 5.91 Å². The molecule has 0 unspecified atom stereocenters. The maximum atomic E-state index is 11.9. The van der Waals surface area contributed by atoms with E-state index in [1.807, 2.05) is 24.3 Å². The lowest BCUT2D eigenvalue weighted by Crippen LogP contribution is -2.25. The van der Waals surface area contributed by atoms with E-state index in [-0.39, 0.29) is 5.91 Å². The fourth-order valence-corrected chi connectivity index (χ4v) is 4.84. The van der Waals surface area contributed by atoms with Crippen LogP contribution in [0, 0.1) is 5.92 Å². The third-order valence-corrected chi connectivity index (χ3v) is 6.64. The van der Waals surface area contributed by atoms with Gasteiger partial charge in [0, 0.05) is 36.4 Å². The second-order valence-corrected chi connectivity index (χ2v) is 9.91. The second kappa shape index (κ2) is 13.2. The summed E-state index contributed by atoms with van der Waals surface area (Å²) in [4.78, 5) is 17.0. The van der Waals surface area contributed by atoms with Crippen molar-refractivity contribution in [3.05, 3.63) is 48.5 Å². The minimum atomic E-state index is 0.126. The van der Waals surface area contributed by atoms with Crippen molar-refractivity contribution in [1.82, 2.24) is 14.9 Å². The average Bonchev–Trinajstić information content (AvgIpc) is 3.21. The predicted molar refractivity (Wildman–Crippen MR) is 144 cm³/mol. The van der Waals surface area contributed by atoms with Crippen LogP contribution in [0.25, 0.3) is 22.5 Å². The fourth-order valence-electron chi connectivity index (χ4n) is 3.87. The van der Waals surface area contributed by atoms with E-state index in [2.05, 4.69) is 54.9 Å². The average molecular weight is 496 g/mol. The molecule has 1 amide bonds. The number of aromatic nitrogens is 2. The number of benzene rings is 2. The molecule has 6 nitrogen and oxygen atoms in total. The van der Waals surface area contributed by atoms with Gasteiger partial charge in [0.05, 0.1) is 25.6 Å². The highest BCUT2D eigenvalue weighted by molar-refractivity contribution is 7.99. The summed E-state index contributed by atoms with van der Waals surface area (Å²) in [6.45, 7) is 7.86. The number of hydrogen-bond donors (Lipinski definition) is 1. The molecule has 0 atom stereocenters. The molecule has 0 bridgehead atoms. The first-order valence-corrected chi connectivity index (χ1v) is 13.2. The SMILES string of the molecule is CCCn1c(SCCCNC(=O)CC(C)C)nc(-c2ccc(OC)cc2)c1-c1ccc(OC)cc1. The number of methoxy groups -OCH3 is 2. The third-order valence-electron chi connectivity index (χ3n) is 5.57. The van der Waals surface area contributed by atoms with Crippen LogP contribution < -0.4 is 14.8 Å². The van der Waals surface area contributed by atoms with Crippen molar-refractivity contribution in [3.63, 3.8) is 0 Å². The first kappa shape index (κ1) is 26.7. The Morgan fingerprint density at radius 3 is 2.14 bits per heavy atom. The zero-order chi connectivity index (χ0) is 25.2. The molecule has 0 fully saturated rings. The van der Waals surface area contributed by atoms with Crippen LogP contribution in [-0.4, -0.2) is 42.0 Å². The van der Waals surface area contributed by atoms with Gasteiger partial charge < -0.3 is 19.4 Å². The molecule has 188 valence electrons. The number of ether oxygens (including phenoxy) is 2. The Balaban J connectivity index is 1.88.